The van der Waals surface area contributed by atoms with Gasteiger partial charge in [-0.1, -0.05) is 6.07 Å². The number of anilines is 2. The van der Waals surface area contributed by atoms with Crippen molar-refractivity contribution in [3.63, 3.8) is 0 Å². The van der Waals surface area contributed by atoms with E-state index in [0.717, 1.165) is 17.7 Å². The number of amidine groups is 1. The Morgan fingerprint density at radius 3 is 2.86 bits per heavy atom. The normalized spacial score (nSPS) is 17.0. The second-order valence-corrected chi connectivity index (χ2v) is 7.07. The molecule has 0 saturated heterocycles. The van der Waals surface area contributed by atoms with Gasteiger partial charge in [0, 0.05) is 17.3 Å². The van der Waals surface area contributed by atoms with E-state index >= 15 is 0 Å². The van der Waals surface area contributed by atoms with Gasteiger partial charge in [-0.2, -0.15) is 5.26 Å². The summed E-state index contributed by atoms with van der Waals surface area (Å²) in [6.07, 6.45) is 4.33. The van der Waals surface area contributed by atoms with Crippen molar-refractivity contribution in [2.24, 2.45) is 10.7 Å². The second kappa shape index (κ2) is 7.09. The Morgan fingerprint density at radius 1 is 1.32 bits per heavy atom. The molecule has 0 radical (unpaired) electrons. The Hall–Kier alpha value is -3.18. The number of allylic oxidation sites excluding steroid dienone is 1. The lowest BCUT2D eigenvalue weighted by molar-refractivity contribution is 0.353. The topological polar surface area (TPSA) is 93.1 Å². The summed E-state index contributed by atoms with van der Waals surface area (Å²) in [5.41, 5.74) is 9.24. The Balaban J connectivity index is 1.94. The molecule has 8 heteroatoms. The molecule has 2 aromatic carbocycles. The first-order valence-electron chi connectivity index (χ1n) is 8.51. The number of nitrogens with zero attached hydrogens (tertiary/aromatic N) is 3. The van der Waals surface area contributed by atoms with Gasteiger partial charge < -0.3 is 24.8 Å². The van der Waals surface area contributed by atoms with Crippen molar-refractivity contribution in [2.45, 2.75) is 12.5 Å². The SMILES string of the molecule is COc1cc(N2c3ccc4c(c3N=C(N)C2C#N)OC=CC4)cc(Br)c1OC. The lowest BCUT2D eigenvalue weighted by atomic mass is 10.0. The van der Waals surface area contributed by atoms with Gasteiger partial charge in [0.2, 0.25) is 0 Å². The van der Waals surface area contributed by atoms with Crippen molar-refractivity contribution in [2.75, 3.05) is 19.1 Å². The number of ether oxygens (including phenoxy) is 3. The smallest absolute Gasteiger partial charge is 0.179 e. The molecule has 4 rings (SSSR count). The minimum atomic E-state index is -0.769. The van der Waals surface area contributed by atoms with Crippen LogP contribution in [0.2, 0.25) is 0 Å². The number of benzene rings is 2. The molecule has 0 aliphatic carbocycles. The molecule has 2 aromatic rings. The van der Waals surface area contributed by atoms with Gasteiger partial charge in [-0.05, 0) is 40.6 Å². The second-order valence-electron chi connectivity index (χ2n) is 6.22. The first-order chi connectivity index (χ1) is 13.6. The fourth-order valence-electron chi connectivity index (χ4n) is 3.41. The summed E-state index contributed by atoms with van der Waals surface area (Å²) in [4.78, 5) is 6.32. The maximum absolute atomic E-state index is 9.79. The third kappa shape index (κ3) is 2.75. The molecule has 1 unspecified atom stereocenters. The van der Waals surface area contributed by atoms with Crippen LogP contribution in [0.15, 0.2) is 46.1 Å². The zero-order valence-electron chi connectivity index (χ0n) is 15.3. The molecule has 2 aliphatic heterocycles. The average molecular weight is 441 g/mol. The predicted molar refractivity (Wildman–Crippen MR) is 110 cm³/mol. The van der Waals surface area contributed by atoms with Crippen LogP contribution in [-0.4, -0.2) is 26.1 Å². The molecule has 0 aromatic heterocycles. The largest absolute Gasteiger partial charge is 0.493 e. The molecule has 0 bridgehead atoms. The summed E-state index contributed by atoms with van der Waals surface area (Å²) in [6.45, 7) is 0. The van der Waals surface area contributed by atoms with Crippen LogP contribution in [-0.2, 0) is 6.42 Å². The Labute approximate surface area is 170 Å². The summed E-state index contributed by atoms with van der Waals surface area (Å²) >= 11 is 3.51. The molecule has 0 fully saturated rings. The molecule has 28 heavy (non-hydrogen) atoms. The van der Waals surface area contributed by atoms with Gasteiger partial charge in [-0.15, -0.1) is 0 Å². The number of nitriles is 1. The molecule has 7 nitrogen and oxygen atoms in total. The average Bonchev–Trinajstić information content (AvgIpc) is 2.72. The van der Waals surface area contributed by atoms with Crippen molar-refractivity contribution < 1.29 is 14.2 Å². The summed E-state index contributed by atoms with van der Waals surface area (Å²) in [5.74, 6) is 1.96. The Kier molecular flexibility index (Phi) is 4.61. The number of hydrogen-bond acceptors (Lipinski definition) is 7. The highest BCUT2D eigenvalue weighted by atomic mass is 79.9. The van der Waals surface area contributed by atoms with Gasteiger partial charge in [0.25, 0.3) is 0 Å². The van der Waals surface area contributed by atoms with Crippen LogP contribution in [0, 0.1) is 11.3 Å². The van der Waals surface area contributed by atoms with E-state index in [1.165, 1.54) is 0 Å². The summed E-state index contributed by atoms with van der Waals surface area (Å²) in [5, 5.41) is 9.79. The molecular formula is C20H17BrN4O3. The van der Waals surface area contributed by atoms with E-state index in [2.05, 4.69) is 27.0 Å². The molecule has 0 spiro atoms. The third-order valence-corrected chi connectivity index (χ3v) is 5.26. The lowest BCUT2D eigenvalue weighted by Gasteiger charge is -2.35. The minimum Gasteiger partial charge on any atom is -0.493 e. The highest BCUT2D eigenvalue weighted by Gasteiger charge is 2.34. The molecule has 1 atom stereocenters. The summed E-state index contributed by atoms with van der Waals surface area (Å²) in [7, 11) is 3.13. The standard InChI is InChI=1S/C20H17BrN4O3/c1-26-16-9-12(8-13(21)19(16)27-2)25-14-6-5-11-4-3-7-28-18(11)17(14)24-20(23)15(25)10-22/h3,5-9,15H,4H2,1-2H3,(H2,23,24). The van der Waals surface area contributed by atoms with Crippen LogP contribution in [0.1, 0.15) is 5.56 Å². The molecule has 2 aliphatic rings. The van der Waals surface area contributed by atoms with E-state index in [9.17, 15) is 5.26 Å². The van der Waals surface area contributed by atoms with Gasteiger partial charge in [-0.25, -0.2) is 4.99 Å². The van der Waals surface area contributed by atoms with E-state index in [1.807, 2.05) is 29.2 Å². The Morgan fingerprint density at radius 2 is 2.14 bits per heavy atom. The number of methoxy groups -OCH3 is 2. The van der Waals surface area contributed by atoms with Gasteiger partial charge in [-0.3, -0.25) is 0 Å². The zero-order valence-corrected chi connectivity index (χ0v) is 16.9. The van der Waals surface area contributed by atoms with Crippen LogP contribution in [0.5, 0.6) is 17.2 Å². The third-order valence-electron chi connectivity index (χ3n) is 4.67. The van der Waals surface area contributed by atoms with Crippen LogP contribution in [0.4, 0.5) is 17.1 Å². The van der Waals surface area contributed by atoms with E-state index < -0.39 is 6.04 Å². The number of hydrogen-bond donors (Lipinski definition) is 1. The number of aliphatic imine (C=N–C) groups is 1. The fraction of sp³-hybridized carbons (Fsp3) is 0.200. The minimum absolute atomic E-state index is 0.201. The monoisotopic (exact) mass is 440 g/mol. The van der Waals surface area contributed by atoms with E-state index in [0.29, 0.717) is 33.1 Å². The first kappa shape index (κ1) is 18.2. The van der Waals surface area contributed by atoms with Gasteiger partial charge >= 0.3 is 0 Å². The van der Waals surface area contributed by atoms with Gasteiger partial charge in [0.15, 0.2) is 23.3 Å². The number of halogens is 1. The molecule has 2 N–H and O–H groups in total. The van der Waals surface area contributed by atoms with Crippen molar-refractivity contribution in [1.82, 2.24) is 0 Å². The highest BCUT2D eigenvalue weighted by molar-refractivity contribution is 9.10. The first-order valence-corrected chi connectivity index (χ1v) is 9.30. The lowest BCUT2D eigenvalue weighted by Crippen LogP contribution is -2.43. The van der Waals surface area contributed by atoms with E-state index in [-0.39, 0.29) is 5.84 Å². The molecule has 0 amide bonds. The molecular weight excluding hydrogens is 424 g/mol. The number of fused-ring (bicyclic) bond motifs is 3. The predicted octanol–water partition coefficient (Wildman–Crippen LogP) is 3.95. The zero-order chi connectivity index (χ0) is 19.8. The van der Waals surface area contributed by atoms with Crippen molar-refractivity contribution >= 4 is 38.8 Å². The van der Waals surface area contributed by atoms with Crippen LogP contribution >= 0.6 is 15.9 Å². The van der Waals surface area contributed by atoms with Crippen molar-refractivity contribution in [3.05, 3.63) is 46.6 Å². The number of nitrogens with two attached hydrogens (primary N) is 1. The molecule has 142 valence electrons. The number of rotatable bonds is 3. The summed E-state index contributed by atoms with van der Waals surface area (Å²) in [6, 6.07) is 9.04. The molecule has 0 saturated carbocycles. The summed E-state index contributed by atoms with van der Waals surface area (Å²) < 4.78 is 17.3. The van der Waals surface area contributed by atoms with Crippen LogP contribution < -0.4 is 24.8 Å². The van der Waals surface area contributed by atoms with Gasteiger partial charge in [0.1, 0.15) is 11.5 Å². The quantitative estimate of drug-likeness (QED) is 0.776. The van der Waals surface area contributed by atoms with Crippen molar-refractivity contribution in [1.29, 1.82) is 5.26 Å². The fourth-order valence-corrected chi connectivity index (χ4v) is 4.00. The van der Waals surface area contributed by atoms with Crippen molar-refractivity contribution in [3.8, 4) is 23.3 Å². The van der Waals surface area contributed by atoms with Crippen LogP contribution in [0.3, 0.4) is 0 Å². The maximum atomic E-state index is 9.79. The molecule has 2 heterocycles. The maximum Gasteiger partial charge on any atom is 0.179 e. The van der Waals surface area contributed by atoms with E-state index in [1.54, 1.807) is 26.5 Å². The van der Waals surface area contributed by atoms with Gasteiger partial charge in [0.05, 0.1) is 36.7 Å². The Bertz CT molecular complexity index is 1060. The highest BCUT2D eigenvalue weighted by Crippen LogP contribution is 2.49. The van der Waals surface area contributed by atoms with E-state index in [4.69, 9.17) is 19.9 Å². The van der Waals surface area contributed by atoms with Crippen LogP contribution in [0.25, 0.3) is 0 Å².